The molecular formula is C11H15F2NO. The van der Waals surface area contributed by atoms with Crippen LogP contribution in [0.25, 0.3) is 0 Å². The van der Waals surface area contributed by atoms with Crippen molar-refractivity contribution in [1.82, 2.24) is 0 Å². The van der Waals surface area contributed by atoms with Gasteiger partial charge in [0, 0.05) is 18.6 Å². The van der Waals surface area contributed by atoms with Crippen molar-refractivity contribution < 1.29 is 13.9 Å². The van der Waals surface area contributed by atoms with E-state index in [0.717, 1.165) is 12.1 Å². The fourth-order valence-corrected chi connectivity index (χ4v) is 1.49. The Morgan fingerprint density at radius 3 is 2.47 bits per heavy atom. The lowest BCUT2D eigenvalue weighted by Gasteiger charge is -2.20. The van der Waals surface area contributed by atoms with Gasteiger partial charge in [0.25, 0.3) is 0 Å². The lowest BCUT2D eigenvalue weighted by atomic mass is 9.92. The summed E-state index contributed by atoms with van der Waals surface area (Å²) < 4.78 is 25.6. The third kappa shape index (κ3) is 2.73. The van der Waals surface area contributed by atoms with Crippen LogP contribution in [-0.2, 0) is 0 Å². The molecule has 2 unspecified atom stereocenters. The van der Waals surface area contributed by atoms with Crippen LogP contribution < -0.4 is 5.73 Å². The molecule has 4 heteroatoms. The topological polar surface area (TPSA) is 46.2 Å². The molecule has 0 saturated heterocycles. The highest BCUT2D eigenvalue weighted by Gasteiger charge is 2.18. The average Bonchev–Trinajstić information content (AvgIpc) is 2.23. The van der Waals surface area contributed by atoms with E-state index < -0.39 is 17.7 Å². The van der Waals surface area contributed by atoms with Crippen molar-refractivity contribution in [2.24, 2.45) is 11.7 Å². The molecule has 0 aromatic heterocycles. The van der Waals surface area contributed by atoms with Gasteiger partial charge in [0.05, 0.1) is 0 Å². The van der Waals surface area contributed by atoms with E-state index in [-0.39, 0.29) is 12.5 Å². The van der Waals surface area contributed by atoms with Crippen molar-refractivity contribution in [3.63, 3.8) is 0 Å². The van der Waals surface area contributed by atoms with E-state index in [0.29, 0.717) is 12.0 Å². The Hall–Kier alpha value is -1.00. The standard InChI is InChI=1S/C11H15F2NO/c1-2-7(6-15)11(14)8-3-4-9(12)10(13)5-8/h3-5,7,11,15H,2,6,14H2,1H3. The van der Waals surface area contributed by atoms with Crippen LogP contribution in [-0.4, -0.2) is 11.7 Å². The number of nitrogens with two attached hydrogens (primary N) is 1. The molecule has 0 saturated carbocycles. The van der Waals surface area contributed by atoms with Crippen molar-refractivity contribution in [3.8, 4) is 0 Å². The molecule has 0 amide bonds. The maximum Gasteiger partial charge on any atom is 0.159 e. The van der Waals surface area contributed by atoms with Gasteiger partial charge in [0.2, 0.25) is 0 Å². The second-order valence-electron chi connectivity index (χ2n) is 3.55. The maximum atomic E-state index is 12.9. The summed E-state index contributed by atoms with van der Waals surface area (Å²) in [6.07, 6.45) is 0.691. The largest absolute Gasteiger partial charge is 0.396 e. The monoisotopic (exact) mass is 215 g/mol. The molecule has 0 aliphatic carbocycles. The number of aliphatic hydroxyl groups excluding tert-OH is 1. The zero-order valence-electron chi connectivity index (χ0n) is 8.58. The molecule has 2 atom stereocenters. The minimum atomic E-state index is -0.907. The minimum absolute atomic E-state index is 0.0589. The summed E-state index contributed by atoms with van der Waals surface area (Å²) >= 11 is 0. The Labute approximate surface area is 87.7 Å². The molecule has 0 spiro atoms. The predicted octanol–water partition coefficient (Wildman–Crippen LogP) is 1.98. The Morgan fingerprint density at radius 2 is 2.00 bits per heavy atom. The van der Waals surface area contributed by atoms with Gasteiger partial charge in [-0.3, -0.25) is 0 Å². The minimum Gasteiger partial charge on any atom is -0.396 e. The number of hydrogen-bond donors (Lipinski definition) is 2. The fourth-order valence-electron chi connectivity index (χ4n) is 1.49. The molecule has 0 aliphatic rings. The van der Waals surface area contributed by atoms with Gasteiger partial charge in [0.15, 0.2) is 11.6 Å². The number of aliphatic hydroxyl groups is 1. The van der Waals surface area contributed by atoms with Gasteiger partial charge < -0.3 is 10.8 Å². The van der Waals surface area contributed by atoms with Gasteiger partial charge in [0.1, 0.15) is 0 Å². The van der Waals surface area contributed by atoms with Gasteiger partial charge >= 0.3 is 0 Å². The molecule has 0 heterocycles. The highest BCUT2D eigenvalue weighted by molar-refractivity contribution is 5.21. The fraction of sp³-hybridized carbons (Fsp3) is 0.455. The molecule has 15 heavy (non-hydrogen) atoms. The van der Waals surface area contributed by atoms with Crippen molar-refractivity contribution >= 4 is 0 Å². The Balaban J connectivity index is 2.90. The summed E-state index contributed by atoms with van der Waals surface area (Å²) in [5.74, 6) is -1.92. The van der Waals surface area contributed by atoms with Crippen LogP contribution in [0.1, 0.15) is 24.9 Å². The third-order valence-corrected chi connectivity index (χ3v) is 2.60. The first-order valence-electron chi connectivity index (χ1n) is 4.91. The molecule has 84 valence electrons. The SMILES string of the molecule is CCC(CO)C(N)c1ccc(F)c(F)c1. The van der Waals surface area contributed by atoms with Crippen molar-refractivity contribution in [2.75, 3.05) is 6.61 Å². The van der Waals surface area contributed by atoms with Crippen molar-refractivity contribution in [3.05, 3.63) is 35.4 Å². The summed E-state index contributed by atoms with van der Waals surface area (Å²) in [7, 11) is 0. The normalized spacial score (nSPS) is 15.0. The molecule has 0 radical (unpaired) electrons. The zero-order valence-corrected chi connectivity index (χ0v) is 8.58. The summed E-state index contributed by atoms with van der Waals surface area (Å²) in [5.41, 5.74) is 6.34. The van der Waals surface area contributed by atoms with Crippen LogP contribution in [0.5, 0.6) is 0 Å². The number of hydrogen-bond acceptors (Lipinski definition) is 2. The quantitative estimate of drug-likeness (QED) is 0.806. The molecule has 0 fully saturated rings. The molecule has 3 N–H and O–H groups in total. The number of halogens is 2. The number of benzene rings is 1. The summed E-state index contributed by atoms with van der Waals surface area (Å²) in [4.78, 5) is 0. The first kappa shape index (κ1) is 12.1. The second kappa shape index (κ2) is 5.19. The smallest absolute Gasteiger partial charge is 0.159 e. The molecule has 2 nitrogen and oxygen atoms in total. The lowest BCUT2D eigenvalue weighted by Crippen LogP contribution is -2.24. The highest BCUT2D eigenvalue weighted by atomic mass is 19.2. The first-order valence-corrected chi connectivity index (χ1v) is 4.91. The Kier molecular flexibility index (Phi) is 4.17. The van der Waals surface area contributed by atoms with Crippen molar-refractivity contribution in [2.45, 2.75) is 19.4 Å². The molecule has 0 aliphatic heterocycles. The van der Waals surface area contributed by atoms with Crippen LogP contribution in [0.15, 0.2) is 18.2 Å². The zero-order chi connectivity index (χ0) is 11.4. The van der Waals surface area contributed by atoms with Gasteiger partial charge in [-0.05, 0) is 24.1 Å². The van der Waals surface area contributed by atoms with E-state index >= 15 is 0 Å². The average molecular weight is 215 g/mol. The second-order valence-corrected chi connectivity index (χ2v) is 3.55. The summed E-state index contributed by atoms with van der Waals surface area (Å²) in [6.45, 7) is 1.83. The molecule has 1 aromatic carbocycles. The van der Waals surface area contributed by atoms with E-state index in [1.54, 1.807) is 0 Å². The van der Waals surface area contributed by atoms with Gasteiger partial charge in [-0.25, -0.2) is 8.78 Å². The van der Waals surface area contributed by atoms with Gasteiger partial charge in [-0.2, -0.15) is 0 Å². The van der Waals surface area contributed by atoms with Gasteiger partial charge in [-0.1, -0.05) is 13.0 Å². The maximum absolute atomic E-state index is 12.9. The first-order chi connectivity index (χ1) is 7.10. The Morgan fingerprint density at radius 1 is 1.33 bits per heavy atom. The van der Waals surface area contributed by atoms with Gasteiger partial charge in [-0.15, -0.1) is 0 Å². The van der Waals surface area contributed by atoms with Crippen LogP contribution in [0.4, 0.5) is 8.78 Å². The lowest BCUT2D eigenvalue weighted by molar-refractivity contribution is 0.200. The van der Waals surface area contributed by atoms with Crippen LogP contribution >= 0.6 is 0 Å². The molecule has 1 rings (SSSR count). The van der Waals surface area contributed by atoms with E-state index in [4.69, 9.17) is 10.8 Å². The van der Waals surface area contributed by atoms with E-state index in [2.05, 4.69) is 0 Å². The van der Waals surface area contributed by atoms with E-state index in [1.807, 2.05) is 6.92 Å². The highest BCUT2D eigenvalue weighted by Crippen LogP contribution is 2.23. The molecule has 0 bridgehead atoms. The van der Waals surface area contributed by atoms with E-state index in [1.165, 1.54) is 6.07 Å². The summed E-state index contributed by atoms with van der Waals surface area (Å²) in [6, 6.07) is 3.11. The third-order valence-electron chi connectivity index (χ3n) is 2.60. The molecule has 1 aromatic rings. The van der Waals surface area contributed by atoms with Crippen LogP contribution in [0, 0.1) is 17.6 Å². The summed E-state index contributed by atoms with van der Waals surface area (Å²) in [5, 5.41) is 9.03. The molecular weight excluding hydrogens is 200 g/mol. The van der Waals surface area contributed by atoms with Crippen LogP contribution in [0.2, 0.25) is 0 Å². The number of rotatable bonds is 4. The van der Waals surface area contributed by atoms with Crippen molar-refractivity contribution in [1.29, 1.82) is 0 Å². The van der Waals surface area contributed by atoms with E-state index in [9.17, 15) is 8.78 Å². The Bertz CT molecular complexity index is 326. The predicted molar refractivity (Wildman–Crippen MR) is 54.2 cm³/mol. The van der Waals surface area contributed by atoms with Crippen LogP contribution in [0.3, 0.4) is 0 Å².